The molecule has 5 nitrogen and oxygen atoms in total. The van der Waals surface area contributed by atoms with Crippen LogP contribution >= 0.6 is 23.2 Å². The van der Waals surface area contributed by atoms with Crippen LogP contribution in [0.15, 0.2) is 48.5 Å². The summed E-state index contributed by atoms with van der Waals surface area (Å²) in [4.78, 5) is 27.9. The maximum atomic E-state index is 13.8. The van der Waals surface area contributed by atoms with Gasteiger partial charge < -0.3 is 14.7 Å². The largest absolute Gasteiger partial charge is 0.469 e. The quantitative estimate of drug-likeness (QED) is 0.553. The molecule has 5 atom stereocenters. The number of aliphatic hydroxyl groups excluding tert-OH is 1. The number of benzene rings is 2. The highest BCUT2D eigenvalue weighted by molar-refractivity contribution is 6.30. The molecule has 0 aliphatic carbocycles. The third-order valence-electron chi connectivity index (χ3n) is 6.50. The lowest BCUT2D eigenvalue weighted by molar-refractivity contribution is -0.159. The first-order chi connectivity index (χ1) is 15.3. The first kappa shape index (κ1) is 24.6. The molecular weight excluding hydrogens is 449 g/mol. The van der Waals surface area contributed by atoms with Gasteiger partial charge in [-0.1, -0.05) is 61.3 Å². The molecule has 1 fully saturated rings. The lowest BCUT2D eigenvalue weighted by atomic mass is 9.71. The molecule has 2 aromatic rings. The van der Waals surface area contributed by atoms with Gasteiger partial charge in [-0.15, -0.1) is 0 Å². The number of aliphatic hydroxyl groups is 1. The fourth-order valence-corrected chi connectivity index (χ4v) is 5.05. The van der Waals surface area contributed by atoms with Crippen LogP contribution in [0.4, 0.5) is 0 Å². The topological polar surface area (TPSA) is 66.8 Å². The van der Waals surface area contributed by atoms with E-state index < -0.39 is 23.8 Å². The van der Waals surface area contributed by atoms with Gasteiger partial charge >= 0.3 is 5.97 Å². The SMILES string of the molecule is CC[C@@H](CO)N1C(=O)C([C@H](C)C(=O)OC)C[C@H](c2cccc(Cl)c2)[C@H]1c1ccc(Cl)cc1. The summed E-state index contributed by atoms with van der Waals surface area (Å²) in [5.41, 5.74) is 1.90. The molecule has 0 saturated carbocycles. The second-order valence-electron chi connectivity index (χ2n) is 8.30. The summed E-state index contributed by atoms with van der Waals surface area (Å²) in [6, 6.07) is 14.3. The van der Waals surface area contributed by atoms with Crippen LogP contribution in [0.1, 0.15) is 49.8 Å². The van der Waals surface area contributed by atoms with Crippen LogP contribution in [0, 0.1) is 11.8 Å². The highest BCUT2D eigenvalue weighted by Gasteiger charge is 2.48. The van der Waals surface area contributed by atoms with Crippen molar-refractivity contribution in [2.75, 3.05) is 13.7 Å². The monoisotopic (exact) mass is 477 g/mol. The highest BCUT2D eigenvalue weighted by atomic mass is 35.5. The Kier molecular flexibility index (Phi) is 8.21. The predicted molar refractivity (Wildman–Crippen MR) is 126 cm³/mol. The van der Waals surface area contributed by atoms with E-state index in [1.807, 2.05) is 43.3 Å². The van der Waals surface area contributed by atoms with E-state index in [4.69, 9.17) is 27.9 Å². The van der Waals surface area contributed by atoms with Gasteiger partial charge in [0.25, 0.3) is 0 Å². The molecule has 1 aliphatic heterocycles. The Balaban J connectivity index is 2.19. The first-order valence-electron chi connectivity index (χ1n) is 10.8. The average Bonchev–Trinajstić information content (AvgIpc) is 2.80. The number of piperidine rings is 1. The normalized spacial score (nSPS) is 23.0. The van der Waals surface area contributed by atoms with Crippen molar-refractivity contribution in [2.24, 2.45) is 11.8 Å². The van der Waals surface area contributed by atoms with E-state index in [1.54, 1.807) is 24.0 Å². The van der Waals surface area contributed by atoms with Gasteiger partial charge in [0.2, 0.25) is 5.91 Å². The van der Waals surface area contributed by atoms with Crippen LogP contribution in [-0.4, -0.2) is 41.6 Å². The van der Waals surface area contributed by atoms with Crippen molar-refractivity contribution in [1.29, 1.82) is 0 Å². The number of hydrogen-bond donors (Lipinski definition) is 1. The molecule has 0 aromatic heterocycles. The van der Waals surface area contributed by atoms with Crippen LogP contribution in [0.5, 0.6) is 0 Å². The zero-order chi connectivity index (χ0) is 23.4. The van der Waals surface area contributed by atoms with Crippen molar-refractivity contribution in [3.63, 3.8) is 0 Å². The molecular formula is C25H29Cl2NO4. The number of esters is 1. The Labute approximate surface area is 199 Å². The number of likely N-dealkylation sites (tertiary alicyclic amines) is 1. The van der Waals surface area contributed by atoms with Gasteiger partial charge in [-0.2, -0.15) is 0 Å². The van der Waals surface area contributed by atoms with Gasteiger partial charge in [-0.05, 0) is 48.2 Å². The second kappa shape index (κ2) is 10.7. The molecule has 1 saturated heterocycles. The molecule has 0 spiro atoms. The lowest BCUT2D eigenvalue weighted by Gasteiger charge is -2.49. The molecule has 3 rings (SSSR count). The number of carbonyl (C=O) groups is 2. The van der Waals surface area contributed by atoms with E-state index in [9.17, 15) is 14.7 Å². The smallest absolute Gasteiger partial charge is 0.309 e. The van der Waals surface area contributed by atoms with E-state index in [0.29, 0.717) is 22.9 Å². The fraction of sp³-hybridized carbons (Fsp3) is 0.440. The first-order valence-corrected chi connectivity index (χ1v) is 11.6. The van der Waals surface area contributed by atoms with E-state index in [-0.39, 0.29) is 24.5 Å². The van der Waals surface area contributed by atoms with Crippen LogP contribution in [-0.2, 0) is 14.3 Å². The molecule has 0 radical (unpaired) electrons. The van der Waals surface area contributed by atoms with E-state index in [1.165, 1.54) is 7.11 Å². The molecule has 1 unspecified atom stereocenters. The van der Waals surface area contributed by atoms with Crippen LogP contribution in [0.3, 0.4) is 0 Å². The number of hydrogen-bond acceptors (Lipinski definition) is 4. The third-order valence-corrected chi connectivity index (χ3v) is 6.99. The van der Waals surface area contributed by atoms with Gasteiger partial charge in [-0.3, -0.25) is 9.59 Å². The van der Waals surface area contributed by atoms with E-state index >= 15 is 0 Å². The number of ether oxygens (including phenoxy) is 1. The number of halogens is 2. The lowest BCUT2D eigenvalue weighted by Crippen LogP contribution is -2.54. The molecule has 2 aromatic carbocycles. The molecule has 172 valence electrons. The Morgan fingerprint density at radius 1 is 1.16 bits per heavy atom. The zero-order valence-corrected chi connectivity index (χ0v) is 20.0. The van der Waals surface area contributed by atoms with E-state index in [2.05, 4.69) is 0 Å². The van der Waals surface area contributed by atoms with Crippen molar-refractivity contribution in [3.05, 3.63) is 69.7 Å². The molecule has 7 heteroatoms. The fourth-order valence-electron chi connectivity index (χ4n) is 4.72. The summed E-state index contributed by atoms with van der Waals surface area (Å²) in [6.45, 7) is 3.49. The van der Waals surface area contributed by atoms with Crippen molar-refractivity contribution in [1.82, 2.24) is 4.90 Å². The molecule has 0 bridgehead atoms. The van der Waals surface area contributed by atoms with Crippen molar-refractivity contribution in [3.8, 4) is 0 Å². The summed E-state index contributed by atoms with van der Waals surface area (Å²) in [6.07, 6.45) is 1.04. The number of amides is 1. The van der Waals surface area contributed by atoms with Gasteiger partial charge in [0, 0.05) is 16.0 Å². The van der Waals surface area contributed by atoms with Gasteiger partial charge in [0.1, 0.15) is 0 Å². The summed E-state index contributed by atoms with van der Waals surface area (Å²) >= 11 is 12.5. The minimum absolute atomic E-state index is 0.134. The highest BCUT2D eigenvalue weighted by Crippen LogP contribution is 2.48. The summed E-state index contributed by atoms with van der Waals surface area (Å²) in [5, 5.41) is 11.4. The second-order valence-corrected chi connectivity index (χ2v) is 9.17. The van der Waals surface area contributed by atoms with Crippen LogP contribution in [0.25, 0.3) is 0 Å². The molecule has 1 N–H and O–H groups in total. The Morgan fingerprint density at radius 2 is 1.84 bits per heavy atom. The van der Waals surface area contributed by atoms with Gasteiger partial charge in [-0.25, -0.2) is 0 Å². The summed E-state index contributed by atoms with van der Waals surface area (Å²) in [5.74, 6) is -1.89. The Morgan fingerprint density at radius 3 is 2.41 bits per heavy atom. The summed E-state index contributed by atoms with van der Waals surface area (Å²) < 4.78 is 4.95. The number of carbonyl (C=O) groups excluding carboxylic acids is 2. The van der Waals surface area contributed by atoms with Gasteiger partial charge in [0.15, 0.2) is 0 Å². The van der Waals surface area contributed by atoms with Crippen LogP contribution < -0.4 is 0 Å². The molecule has 1 amide bonds. The zero-order valence-electron chi connectivity index (χ0n) is 18.5. The van der Waals surface area contributed by atoms with Crippen molar-refractivity contribution >= 4 is 35.1 Å². The van der Waals surface area contributed by atoms with Crippen molar-refractivity contribution < 1.29 is 19.4 Å². The minimum atomic E-state index is -0.612. The number of methoxy groups -OCH3 is 1. The van der Waals surface area contributed by atoms with Crippen molar-refractivity contribution in [2.45, 2.75) is 44.7 Å². The third kappa shape index (κ3) is 4.95. The van der Waals surface area contributed by atoms with E-state index in [0.717, 1.165) is 11.1 Å². The Hall–Kier alpha value is -2.08. The summed E-state index contributed by atoms with van der Waals surface area (Å²) in [7, 11) is 1.33. The minimum Gasteiger partial charge on any atom is -0.469 e. The molecule has 32 heavy (non-hydrogen) atoms. The maximum Gasteiger partial charge on any atom is 0.309 e. The van der Waals surface area contributed by atoms with Crippen LogP contribution in [0.2, 0.25) is 10.0 Å². The predicted octanol–water partition coefficient (Wildman–Crippen LogP) is 5.25. The average molecular weight is 478 g/mol. The molecule has 1 aliphatic rings. The van der Waals surface area contributed by atoms with Gasteiger partial charge in [0.05, 0.1) is 37.6 Å². The molecule has 1 heterocycles. The standard InChI is InChI=1S/C25H29Cl2NO4/c1-4-20(14-29)28-23(16-8-10-18(26)11-9-16)22(17-6-5-7-19(27)12-17)13-21(24(28)30)15(2)25(31)32-3/h5-12,15,20-23,29H,4,13-14H2,1-3H3/t15-,20-,21?,22+,23+/m0/s1. The number of nitrogens with zero attached hydrogens (tertiary/aromatic N) is 1. The maximum absolute atomic E-state index is 13.8. The Bertz CT molecular complexity index is 945. The number of rotatable bonds is 7.